The summed E-state index contributed by atoms with van der Waals surface area (Å²) in [5.41, 5.74) is 10.7. The Labute approximate surface area is 123 Å². The molecule has 4 N–H and O–H groups in total. The van der Waals surface area contributed by atoms with Gasteiger partial charge in [-0.1, -0.05) is 12.1 Å². The van der Waals surface area contributed by atoms with E-state index in [-0.39, 0.29) is 13.1 Å². The monoisotopic (exact) mass is 290 g/mol. The van der Waals surface area contributed by atoms with Gasteiger partial charge >= 0.3 is 0 Å². The number of hydrogen-bond donors (Lipinski definition) is 2. The number of carbonyl (C=O) groups is 2. The number of ether oxygens (including phenoxy) is 1. The number of nitrogens with two attached hydrogens (primary N) is 2. The van der Waals surface area contributed by atoms with Crippen molar-refractivity contribution in [2.24, 2.45) is 11.5 Å². The van der Waals surface area contributed by atoms with Crippen LogP contribution in [0.2, 0.25) is 0 Å². The summed E-state index contributed by atoms with van der Waals surface area (Å²) >= 11 is 0. The third kappa shape index (κ3) is 6.40. The average Bonchev–Trinajstić information content (AvgIpc) is 2.42. The molecule has 1 aromatic carbocycles. The van der Waals surface area contributed by atoms with Gasteiger partial charge in [-0.15, -0.1) is 0 Å². The van der Waals surface area contributed by atoms with Crippen molar-refractivity contribution in [2.75, 3.05) is 26.2 Å². The zero-order chi connectivity index (χ0) is 15.7. The molecule has 0 fully saturated rings. The number of para-hydroxylation sites is 1. The summed E-state index contributed by atoms with van der Waals surface area (Å²) in [7, 11) is 0. The number of rotatable bonds is 9. The van der Waals surface area contributed by atoms with E-state index in [0.717, 1.165) is 0 Å². The van der Waals surface area contributed by atoms with Crippen LogP contribution in [0.4, 0.5) is 0 Å². The fourth-order valence-electron chi connectivity index (χ4n) is 1.81. The molecule has 0 aliphatic carbocycles. The minimum Gasteiger partial charge on any atom is -0.492 e. The average molecular weight is 290 g/mol. The van der Waals surface area contributed by atoms with Gasteiger partial charge in [0.1, 0.15) is 11.8 Å². The van der Waals surface area contributed by atoms with E-state index in [2.05, 4.69) is 0 Å². The van der Waals surface area contributed by atoms with E-state index in [0.29, 0.717) is 30.9 Å². The number of benzene rings is 1. The maximum atomic E-state index is 10.9. The first-order chi connectivity index (χ1) is 10.0. The fraction of sp³-hybridized carbons (Fsp3) is 0.357. The van der Waals surface area contributed by atoms with E-state index >= 15 is 0 Å². The third-order valence-corrected chi connectivity index (χ3v) is 2.64. The number of amides is 2. The lowest BCUT2D eigenvalue weighted by Gasteiger charge is -2.18. The lowest BCUT2D eigenvalue weighted by atomic mass is 10.2. The van der Waals surface area contributed by atoms with Crippen LogP contribution in [0.3, 0.4) is 0 Å². The van der Waals surface area contributed by atoms with Crippen molar-refractivity contribution < 1.29 is 14.3 Å². The maximum absolute atomic E-state index is 10.9. The Kier molecular flexibility index (Phi) is 6.71. The summed E-state index contributed by atoms with van der Waals surface area (Å²) < 4.78 is 5.51. The molecule has 0 radical (unpaired) electrons. The largest absolute Gasteiger partial charge is 0.492 e. The highest BCUT2D eigenvalue weighted by atomic mass is 16.5. The second kappa shape index (κ2) is 8.55. The zero-order valence-corrected chi connectivity index (χ0v) is 11.6. The van der Waals surface area contributed by atoms with Crippen LogP contribution >= 0.6 is 0 Å². The molecule has 1 rings (SSSR count). The Morgan fingerprint density at radius 2 is 1.81 bits per heavy atom. The second-order valence-corrected chi connectivity index (χ2v) is 4.45. The minimum atomic E-state index is -0.521. The first-order valence-corrected chi connectivity index (χ1v) is 6.44. The van der Waals surface area contributed by atoms with Gasteiger partial charge in [0.2, 0.25) is 11.8 Å². The van der Waals surface area contributed by atoms with Crippen molar-refractivity contribution in [2.45, 2.75) is 6.42 Å². The van der Waals surface area contributed by atoms with Crippen molar-refractivity contribution >= 4 is 11.8 Å². The molecule has 0 heterocycles. The molecular formula is C14H18N4O3. The molecule has 0 bridgehead atoms. The topological polar surface area (TPSA) is 122 Å². The van der Waals surface area contributed by atoms with Crippen LogP contribution in [0.5, 0.6) is 5.75 Å². The Morgan fingerprint density at radius 3 is 2.38 bits per heavy atom. The smallest absolute Gasteiger partial charge is 0.231 e. The molecule has 7 heteroatoms. The van der Waals surface area contributed by atoms with E-state index in [9.17, 15) is 9.59 Å². The first-order valence-electron chi connectivity index (χ1n) is 6.44. The fourth-order valence-corrected chi connectivity index (χ4v) is 1.81. The molecule has 0 aliphatic rings. The maximum Gasteiger partial charge on any atom is 0.231 e. The summed E-state index contributed by atoms with van der Waals surface area (Å²) in [6, 6.07) is 8.96. The van der Waals surface area contributed by atoms with E-state index in [1.165, 1.54) is 0 Å². The molecule has 7 nitrogen and oxygen atoms in total. The van der Waals surface area contributed by atoms with Crippen molar-refractivity contribution in [3.8, 4) is 11.8 Å². The third-order valence-electron chi connectivity index (χ3n) is 2.64. The van der Waals surface area contributed by atoms with Crippen molar-refractivity contribution in [3.05, 3.63) is 29.8 Å². The van der Waals surface area contributed by atoms with Crippen LogP contribution in [0.15, 0.2) is 24.3 Å². The summed E-state index contributed by atoms with van der Waals surface area (Å²) in [5, 5.41) is 8.92. The Hall–Kier alpha value is -2.59. The first kappa shape index (κ1) is 16.5. The SMILES string of the molecule is N#Cc1ccccc1OCCCN(CC(N)=O)CC(N)=O. The van der Waals surface area contributed by atoms with Crippen molar-refractivity contribution in [1.29, 1.82) is 5.26 Å². The summed E-state index contributed by atoms with van der Waals surface area (Å²) in [6.07, 6.45) is 0.570. The normalized spacial score (nSPS) is 10.1. The molecule has 0 unspecified atom stereocenters. The highest BCUT2D eigenvalue weighted by Gasteiger charge is 2.11. The molecule has 0 atom stereocenters. The summed E-state index contributed by atoms with van der Waals surface area (Å²) in [4.78, 5) is 23.3. The molecule has 0 aromatic heterocycles. The van der Waals surface area contributed by atoms with Gasteiger partial charge in [0.15, 0.2) is 0 Å². The summed E-state index contributed by atoms with van der Waals surface area (Å²) in [6.45, 7) is 0.739. The van der Waals surface area contributed by atoms with Crippen molar-refractivity contribution in [1.82, 2.24) is 4.90 Å². The van der Waals surface area contributed by atoms with Gasteiger partial charge in [0.05, 0.1) is 25.3 Å². The zero-order valence-electron chi connectivity index (χ0n) is 11.6. The van der Waals surface area contributed by atoms with E-state index in [1.54, 1.807) is 29.2 Å². The van der Waals surface area contributed by atoms with Crippen LogP contribution in [-0.2, 0) is 9.59 Å². The van der Waals surface area contributed by atoms with Gasteiger partial charge in [-0.25, -0.2) is 0 Å². The van der Waals surface area contributed by atoms with Gasteiger partial charge in [0, 0.05) is 6.54 Å². The minimum absolute atomic E-state index is 0.0300. The van der Waals surface area contributed by atoms with Crippen LogP contribution in [0.25, 0.3) is 0 Å². The Morgan fingerprint density at radius 1 is 1.19 bits per heavy atom. The lowest BCUT2D eigenvalue weighted by molar-refractivity contribution is -0.121. The van der Waals surface area contributed by atoms with Crippen molar-refractivity contribution in [3.63, 3.8) is 0 Å². The molecule has 0 saturated carbocycles. The molecule has 0 saturated heterocycles. The molecule has 2 amide bonds. The van der Waals surface area contributed by atoms with Gasteiger partial charge in [-0.05, 0) is 18.6 Å². The second-order valence-electron chi connectivity index (χ2n) is 4.45. The quantitative estimate of drug-likeness (QED) is 0.599. The van der Waals surface area contributed by atoms with Crippen LogP contribution in [-0.4, -0.2) is 43.0 Å². The molecule has 1 aromatic rings. The van der Waals surface area contributed by atoms with Gasteiger partial charge < -0.3 is 16.2 Å². The van der Waals surface area contributed by atoms with Crippen LogP contribution < -0.4 is 16.2 Å². The van der Waals surface area contributed by atoms with Gasteiger partial charge in [-0.3, -0.25) is 14.5 Å². The predicted molar refractivity (Wildman–Crippen MR) is 76.1 cm³/mol. The molecule has 0 aliphatic heterocycles. The number of carbonyl (C=O) groups excluding carboxylic acids is 2. The van der Waals surface area contributed by atoms with E-state index in [4.69, 9.17) is 21.5 Å². The molecule has 0 spiro atoms. The number of primary amides is 2. The van der Waals surface area contributed by atoms with Gasteiger partial charge in [-0.2, -0.15) is 5.26 Å². The molecule has 21 heavy (non-hydrogen) atoms. The highest BCUT2D eigenvalue weighted by Crippen LogP contribution is 2.16. The van der Waals surface area contributed by atoms with Crippen LogP contribution in [0, 0.1) is 11.3 Å². The van der Waals surface area contributed by atoms with E-state index < -0.39 is 11.8 Å². The predicted octanol–water partition coefficient (Wildman–Crippen LogP) is -0.400. The van der Waals surface area contributed by atoms with E-state index in [1.807, 2.05) is 6.07 Å². The molecular weight excluding hydrogens is 272 g/mol. The standard InChI is InChI=1S/C14H18N4O3/c15-8-11-4-1-2-5-12(11)21-7-3-6-18(9-13(16)19)10-14(17)20/h1-2,4-5H,3,6-7,9-10H2,(H2,16,19)(H2,17,20). The Balaban J connectivity index is 2.42. The summed E-state index contributed by atoms with van der Waals surface area (Å²) in [5.74, 6) is -0.532. The van der Waals surface area contributed by atoms with Crippen LogP contribution in [0.1, 0.15) is 12.0 Å². The Bertz CT molecular complexity index is 523. The number of nitrogens with zero attached hydrogens (tertiary/aromatic N) is 2. The molecule has 112 valence electrons. The van der Waals surface area contributed by atoms with Gasteiger partial charge in [0.25, 0.3) is 0 Å². The lowest BCUT2D eigenvalue weighted by Crippen LogP contribution is -2.40. The number of nitriles is 1. The highest BCUT2D eigenvalue weighted by molar-refractivity contribution is 5.79. The number of hydrogen-bond acceptors (Lipinski definition) is 5.